The first-order valence-corrected chi connectivity index (χ1v) is 9.62. The number of anilines is 1. The molecular formula is C19H17ClFN3O2S. The molecule has 0 bridgehead atoms. The van der Waals surface area contributed by atoms with Gasteiger partial charge in [0.2, 0.25) is 5.91 Å². The zero-order chi connectivity index (χ0) is 19.6. The number of fused-ring (bicyclic) bond motifs is 1. The smallest absolute Gasteiger partial charge is 0.262 e. The summed E-state index contributed by atoms with van der Waals surface area (Å²) in [6.45, 7) is 3.78. The maximum Gasteiger partial charge on any atom is 0.262 e. The van der Waals surface area contributed by atoms with Gasteiger partial charge in [-0.1, -0.05) is 35.5 Å². The third-order valence-electron chi connectivity index (χ3n) is 3.83. The van der Waals surface area contributed by atoms with Crippen molar-refractivity contribution in [3.05, 3.63) is 63.7 Å². The molecule has 0 aliphatic carbocycles. The van der Waals surface area contributed by atoms with E-state index >= 15 is 0 Å². The van der Waals surface area contributed by atoms with E-state index in [9.17, 15) is 14.0 Å². The Morgan fingerprint density at radius 3 is 2.74 bits per heavy atom. The van der Waals surface area contributed by atoms with Gasteiger partial charge in [0.15, 0.2) is 5.16 Å². The highest BCUT2D eigenvalue weighted by atomic mass is 35.5. The number of amides is 1. The third kappa shape index (κ3) is 4.31. The molecule has 1 aromatic heterocycles. The maximum absolute atomic E-state index is 13.2. The minimum atomic E-state index is -0.551. The van der Waals surface area contributed by atoms with Gasteiger partial charge >= 0.3 is 0 Å². The van der Waals surface area contributed by atoms with Crippen LogP contribution in [0, 0.1) is 5.82 Å². The molecule has 0 radical (unpaired) electrons. The highest BCUT2D eigenvalue weighted by Gasteiger charge is 2.15. The summed E-state index contributed by atoms with van der Waals surface area (Å²) < 4.78 is 14.8. The zero-order valence-electron chi connectivity index (χ0n) is 14.7. The fourth-order valence-electron chi connectivity index (χ4n) is 2.58. The van der Waals surface area contributed by atoms with E-state index in [2.05, 4.69) is 10.3 Å². The van der Waals surface area contributed by atoms with Gasteiger partial charge in [-0.3, -0.25) is 14.2 Å². The minimum absolute atomic E-state index is 0.0481. The molecule has 27 heavy (non-hydrogen) atoms. The molecule has 0 aliphatic rings. The van der Waals surface area contributed by atoms with Gasteiger partial charge in [0.25, 0.3) is 5.56 Å². The predicted molar refractivity (Wildman–Crippen MR) is 107 cm³/mol. The van der Waals surface area contributed by atoms with Crippen molar-refractivity contribution in [2.75, 3.05) is 11.1 Å². The van der Waals surface area contributed by atoms with Gasteiger partial charge in [-0.2, -0.15) is 0 Å². The molecule has 1 heterocycles. The Balaban J connectivity index is 1.81. The van der Waals surface area contributed by atoms with Gasteiger partial charge in [0.1, 0.15) is 5.82 Å². The molecule has 3 aromatic rings. The Morgan fingerprint density at radius 2 is 2.04 bits per heavy atom. The van der Waals surface area contributed by atoms with Crippen LogP contribution in [-0.2, 0) is 4.79 Å². The molecule has 0 atom stereocenters. The van der Waals surface area contributed by atoms with Crippen molar-refractivity contribution in [3.8, 4) is 0 Å². The van der Waals surface area contributed by atoms with Crippen molar-refractivity contribution in [1.29, 1.82) is 0 Å². The van der Waals surface area contributed by atoms with Crippen molar-refractivity contribution in [2.24, 2.45) is 0 Å². The van der Waals surface area contributed by atoms with Gasteiger partial charge in [-0.15, -0.1) is 0 Å². The Labute approximate surface area is 164 Å². The first-order valence-electron chi connectivity index (χ1n) is 8.26. The SMILES string of the molecule is CC(C)n1c(SCC(=O)Nc2ccc(F)c(Cl)c2)nc2ccccc2c1=O. The second kappa shape index (κ2) is 8.10. The molecule has 2 aromatic carbocycles. The van der Waals surface area contributed by atoms with Crippen LogP contribution in [0.5, 0.6) is 0 Å². The van der Waals surface area contributed by atoms with E-state index in [1.165, 1.54) is 30.0 Å². The quantitative estimate of drug-likeness (QED) is 0.501. The summed E-state index contributed by atoms with van der Waals surface area (Å²) in [6, 6.07) is 11.0. The first-order chi connectivity index (χ1) is 12.9. The number of hydrogen-bond acceptors (Lipinski definition) is 4. The summed E-state index contributed by atoms with van der Waals surface area (Å²) in [5.74, 6) is -0.808. The van der Waals surface area contributed by atoms with E-state index in [1.807, 2.05) is 19.9 Å². The van der Waals surface area contributed by atoms with E-state index in [4.69, 9.17) is 11.6 Å². The summed E-state index contributed by atoms with van der Waals surface area (Å²) >= 11 is 6.89. The highest BCUT2D eigenvalue weighted by molar-refractivity contribution is 7.99. The van der Waals surface area contributed by atoms with Crippen LogP contribution in [0.25, 0.3) is 10.9 Å². The number of carbonyl (C=O) groups excluding carboxylic acids is 1. The summed E-state index contributed by atoms with van der Waals surface area (Å²) in [7, 11) is 0. The number of para-hydroxylation sites is 1. The first kappa shape index (κ1) is 19.4. The van der Waals surface area contributed by atoms with Crippen LogP contribution in [0.15, 0.2) is 52.4 Å². The van der Waals surface area contributed by atoms with Gasteiger partial charge in [-0.05, 0) is 44.2 Å². The molecule has 0 unspecified atom stereocenters. The number of benzene rings is 2. The molecular weight excluding hydrogens is 389 g/mol. The predicted octanol–water partition coefficient (Wildman–Crippen LogP) is 4.50. The fraction of sp³-hybridized carbons (Fsp3) is 0.211. The summed E-state index contributed by atoms with van der Waals surface area (Å²) in [4.78, 5) is 29.5. The van der Waals surface area contributed by atoms with Crippen molar-refractivity contribution in [3.63, 3.8) is 0 Å². The fourth-order valence-corrected chi connectivity index (χ4v) is 3.69. The monoisotopic (exact) mass is 405 g/mol. The van der Waals surface area contributed by atoms with Gasteiger partial charge in [0.05, 0.1) is 21.7 Å². The normalized spacial score (nSPS) is 11.1. The molecule has 0 spiro atoms. The van der Waals surface area contributed by atoms with Crippen LogP contribution >= 0.6 is 23.4 Å². The summed E-state index contributed by atoms with van der Waals surface area (Å²) in [6.07, 6.45) is 0. The molecule has 1 N–H and O–H groups in total. The lowest BCUT2D eigenvalue weighted by molar-refractivity contribution is -0.113. The van der Waals surface area contributed by atoms with Crippen LogP contribution in [0.2, 0.25) is 5.02 Å². The van der Waals surface area contributed by atoms with Crippen LogP contribution in [0.1, 0.15) is 19.9 Å². The lowest BCUT2D eigenvalue weighted by Crippen LogP contribution is -2.25. The molecule has 0 saturated carbocycles. The third-order valence-corrected chi connectivity index (χ3v) is 5.07. The summed E-state index contributed by atoms with van der Waals surface area (Å²) in [5.41, 5.74) is 0.858. The minimum Gasteiger partial charge on any atom is -0.325 e. The number of nitrogens with zero attached hydrogens (tertiary/aromatic N) is 2. The molecule has 0 saturated heterocycles. The molecule has 5 nitrogen and oxygen atoms in total. The number of halogens is 2. The van der Waals surface area contributed by atoms with E-state index in [0.717, 1.165) is 0 Å². The van der Waals surface area contributed by atoms with Gasteiger partial charge in [0, 0.05) is 11.7 Å². The number of rotatable bonds is 5. The van der Waals surface area contributed by atoms with Crippen molar-refractivity contribution in [2.45, 2.75) is 25.0 Å². The Bertz CT molecular complexity index is 1070. The van der Waals surface area contributed by atoms with Crippen LogP contribution < -0.4 is 10.9 Å². The number of thioether (sulfide) groups is 1. The largest absolute Gasteiger partial charge is 0.325 e. The van der Waals surface area contributed by atoms with Crippen molar-refractivity contribution in [1.82, 2.24) is 9.55 Å². The average Bonchev–Trinajstić information content (AvgIpc) is 2.63. The zero-order valence-corrected chi connectivity index (χ0v) is 16.3. The van der Waals surface area contributed by atoms with Crippen molar-refractivity contribution >= 4 is 45.9 Å². The molecule has 1 amide bonds. The topological polar surface area (TPSA) is 64.0 Å². The van der Waals surface area contributed by atoms with E-state index < -0.39 is 5.82 Å². The second-order valence-corrected chi connectivity index (χ2v) is 7.50. The number of hydrogen-bond donors (Lipinski definition) is 1. The van der Waals surface area contributed by atoms with Gasteiger partial charge < -0.3 is 5.32 Å². The average molecular weight is 406 g/mol. The van der Waals surface area contributed by atoms with E-state index in [0.29, 0.717) is 21.7 Å². The van der Waals surface area contributed by atoms with Crippen LogP contribution in [0.4, 0.5) is 10.1 Å². The lowest BCUT2D eigenvalue weighted by atomic mass is 10.2. The molecule has 8 heteroatoms. The van der Waals surface area contributed by atoms with Crippen LogP contribution in [0.3, 0.4) is 0 Å². The summed E-state index contributed by atoms with van der Waals surface area (Å²) in [5, 5.41) is 3.61. The Kier molecular flexibility index (Phi) is 5.82. The molecule has 0 aliphatic heterocycles. The molecule has 0 fully saturated rings. The van der Waals surface area contributed by atoms with E-state index in [1.54, 1.807) is 22.8 Å². The molecule has 140 valence electrons. The Morgan fingerprint density at radius 1 is 1.30 bits per heavy atom. The lowest BCUT2D eigenvalue weighted by Gasteiger charge is -2.16. The number of nitrogens with one attached hydrogen (secondary N) is 1. The second-order valence-electron chi connectivity index (χ2n) is 6.15. The van der Waals surface area contributed by atoms with Crippen LogP contribution in [-0.4, -0.2) is 21.2 Å². The Hall–Kier alpha value is -2.38. The van der Waals surface area contributed by atoms with Crippen molar-refractivity contribution < 1.29 is 9.18 Å². The number of carbonyl (C=O) groups is 1. The number of aromatic nitrogens is 2. The maximum atomic E-state index is 13.2. The highest BCUT2D eigenvalue weighted by Crippen LogP contribution is 2.22. The molecule has 3 rings (SSSR count). The van der Waals surface area contributed by atoms with E-state index in [-0.39, 0.29) is 28.3 Å². The standard InChI is InChI=1S/C19H17ClFN3O2S/c1-11(2)24-18(26)13-5-3-4-6-16(13)23-19(24)27-10-17(25)22-12-7-8-15(21)14(20)9-12/h3-9,11H,10H2,1-2H3,(H,22,25). The van der Waals surface area contributed by atoms with Gasteiger partial charge in [-0.25, -0.2) is 9.37 Å².